The maximum absolute atomic E-state index is 11.8. The number of ether oxygens (including phenoxy) is 1. The van der Waals surface area contributed by atoms with Crippen molar-refractivity contribution in [2.45, 2.75) is 29.3 Å². The number of esters is 1. The van der Waals surface area contributed by atoms with E-state index >= 15 is 0 Å². The van der Waals surface area contributed by atoms with Crippen LogP contribution >= 0.6 is 22.6 Å². The number of carbonyl (C=O) groups is 1. The fourth-order valence-electron chi connectivity index (χ4n) is 2.69. The molecule has 0 unspecified atom stereocenters. The third kappa shape index (κ3) is 0.806. The van der Waals surface area contributed by atoms with Crippen LogP contribution in [0.3, 0.4) is 0 Å². The molecule has 3 atom stereocenters. The lowest BCUT2D eigenvalue weighted by Crippen LogP contribution is -2.43. The zero-order valence-electron chi connectivity index (χ0n) is 7.12. The Bertz CT molecular complexity index is 315. The van der Waals surface area contributed by atoms with Gasteiger partial charge in [0.25, 0.3) is 0 Å². The summed E-state index contributed by atoms with van der Waals surface area (Å²) in [4.78, 5) is 16.2. The van der Waals surface area contributed by atoms with E-state index in [2.05, 4.69) is 27.6 Å². The molecule has 4 heteroatoms. The number of hydrogen-bond donors (Lipinski definition) is 0. The van der Waals surface area contributed by atoms with Gasteiger partial charge in [0.1, 0.15) is 11.5 Å². The monoisotopic (exact) mass is 291 g/mol. The van der Waals surface area contributed by atoms with Gasteiger partial charge in [0.15, 0.2) is 0 Å². The van der Waals surface area contributed by atoms with Crippen LogP contribution in [0.1, 0.15) is 19.3 Å². The second kappa shape index (κ2) is 2.46. The predicted octanol–water partition coefficient (Wildman–Crippen LogP) is 1.34. The summed E-state index contributed by atoms with van der Waals surface area (Å²) >= 11 is 2.37. The summed E-state index contributed by atoms with van der Waals surface area (Å²) in [6.45, 7) is 0.816. The molecule has 0 aromatic rings. The highest BCUT2D eigenvalue weighted by Gasteiger charge is 2.62. The Morgan fingerprint density at radius 3 is 3.31 bits per heavy atom. The number of rotatable bonds is 0. The first-order valence-electron chi connectivity index (χ1n) is 4.64. The molecule has 1 spiro atoms. The van der Waals surface area contributed by atoms with Gasteiger partial charge in [-0.2, -0.15) is 0 Å². The molecule has 0 N–H and O–H groups in total. The van der Waals surface area contributed by atoms with Crippen molar-refractivity contribution in [2.24, 2.45) is 10.4 Å². The van der Waals surface area contributed by atoms with E-state index in [0.29, 0.717) is 3.92 Å². The topological polar surface area (TPSA) is 38.7 Å². The van der Waals surface area contributed by atoms with Gasteiger partial charge in [0.05, 0.1) is 3.92 Å². The van der Waals surface area contributed by atoms with E-state index in [1.807, 2.05) is 0 Å². The van der Waals surface area contributed by atoms with Crippen molar-refractivity contribution < 1.29 is 9.53 Å². The van der Waals surface area contributed by atoms with E-state index in [-0.39, 0.29) is 17.5 Å². The van der Waals surface area contributed by atoms with Crippen LogP contribution in [0, 0.1) is 5.41 Å². The van der Waals surface area contributed by atoms with Crippen molar-refractivity contribution >= 4 is 34.3 Å². The summed E-state index contributed by atoms with van der Waals surface area (Å²) in [5.41, 5.74) is 0.814. The molecule has 1 saturated heterocycles. The molecule has 2 fully saturated rings. The zero-order valence-corrected chi connectivity index (χ0v) is 9.28. The van der Waals surface area contributed by atoms with Crippen LogP contribution in [0.4, 0.5) is 0 Å². The summed E-state index contributed by atoms with van der Waals surface area (Å²) in [6.07, 6.45) is 2.98. The van der Waals surface area contributed by atoms with E-state index in [1.165, 1.54) is 0 Å². The van der Waals surface area contributed by atoms with Crippen molar-refractivity contribution in [3.8, 4) is 0 Å². The fraction of sp³-hybridized carbons (Fsp3) is 0.778. The lowest BCUT2D eigenvalue weighted by molar-refractivity contribution is -0.145. The molecule has 70 valence electrons. The number of halogens is 1. The number of carbonyl (C=O) groups excluding carboxylic acids is 1. The Hall–Kier alpha value is -0.130. The number of hydrogen-bond acceptors (Lipinski definition) is 3. The lowest BCUT2D eigenvalue weighted by atomic mass is 9.73. The summed E-state index contributed by atoms with van der Waals surface area (Å²) in [5, 5.41) is 0. The van der Waals surface area contributed by atoms with E-state index < -0.39 is 0 Å². The SMILES string of the molecule is O=C1O[C@@H]2CCC3=NCC[C@]13[C@H]2I. The molecule has 13 heavy (non-hydrogen) atoms. The van der Waals surface area contributed by atoms with E-state index in [0.717, 1.165) is 31.5 Å². The first kappa shape index (κ1) is 8.20. The second-order valence-electron chi connectivity index (χ2n) is 3.93. The van der Waals surface area contributed by atoms with Crippen molar-refractivity contribution in [2.75, 3.05) is 6.54 Å². The van der Waals surface area contributed by atoms with Crippen molar-refractivity contribution in [1.29, 1.82) is 0 Å². The largest absolute Gasteiger partial charge is 0.460 e. The molecule has 1 aliphatic carbocycles. The maximum atomic E-state index is 11.8. The fourth-order valence-corrected chi connectivity index (χ4v) is 4.12. The highest BCUT2D eigenvalue weighted by molar-refractivity contribution is 14.1. The minimum Gasteiger partial charge on any atom is -0.460 e. The highest BCUT2D eigenvalue weighted by Crippen LogP contribution is 2.51. The van der Waals surface area contributed by atoms with Gasteiger partial charge in [-0.1, -0.05) is 22.6 Å². The molecular formula is C9H10INO2. The maximum Gasteiger partial charge on any atom is 0.319 e. The second-order valence-corrected chi connectivity index (χ2v) is 5.28. The minimum absolute atomic E-state index is 0.00866. The van der Waals surface area contributed by atoms with Crippen LogP contribution in [0.2, 0.25) is 0 Å². The molecule has 0 aromatic carbocycles. The van der Waals surface area contributed by atoms with Crippen molar-refractivity contribution in [3.05, 3.63) is 0 Å². The molecule has 0 aromatic heterocycles. The summed E-state index contributed by atoms with van der Waals surface area (Å²) < 4.78 is 5.70. The highest BCUT2D eigenvalue weighted by atomic mass is 127. The average Bonchev–Trinajstić information content (AvgIpc) is 2.60. The molecule has 2 heterocycles. The molecular weight excluding hydrogens is 281 g/mol. The average molecular weight is 291 g/mol. The van der Waals surface area contributed by atoms with Crippen LogP contribution in [0.25, 0.3) is 0 Å². The number of aliphatic imine (C=N–C) groups is 1. The smallest absolute Gasteiger partial charge is 0.319 e. The summed E-state index contributed by atoms with van der Waals surface area (Å²) in [5.74, 6) is -0.00866. The van der Waals surface area contributed by atoms with E-state index in [9.17, 15) is 4.79 Å². The predicted molar refractivity (Wildman–Crippen MR) is 56.3 cm³/mol. The Balaban J connectivity index is 2.15. The van der Waals surface area contributed by atoms with Crippen LogP contribution in [-0.2, 0) is 9.53 Å². The van der Waals surface area contributed by atoms with Gasteiger partial charge < -0.3 is 4.74 Å². The molecule has 0 radical (unpaired) electrons. The lowest BCUT2D eigenvalue weighted by Gasteiger charge is -2.29. The van der Waals surface area contributed by atoms with Gasteiger partial charge in [-0.05, 0) is 19.3 Å². The van der Waals surface area contributed by atoms with Gasteiger partial charge in [0.2, 0.25) is 0 Å². The third-order valence-electron chi connectivity index (χ3n) is 3.41. The zero-order chi connectivity index (χ0) is 9.05. The van der Waals surface area contributed by atoms with Crippen molar-refractivity contribution in [3.63, 3.8) is 0 Å². The first-order chi connectivity index (χ1) is 6.25. The van der Waals surface area contributed by atoms with Gasteiger partial charge in [-0.3, -0.25) is 9.79 Å². The quantitative estimate of drug-likeness (QED) is 0.384. The van der Waals surface area contributed by atoms with Gasteiger partial charge in [-0.25, -0.2) is 0 Å². The molecule has 2 bridgehead atoms. The Labute approximate surface area is 90.1 Å². The van der Waals surface area contributed by atoms with Crippen LogP contribution in [0.5, 0.6) is 0 Å². The molecule has 2 aliphatic heterocycles. The molecule has 3 aliphatic rings. The first-order valence-corrected chi connectivity index (χ1v) is 5.88. The Morgan fingerprint density at radius 2 is 2.46 bits per heavy atom. The Morgan fingerprint density at radius 1 is 1.62 bits per heavy atom. The van der Waals surface area contributed by atoms with Crippen LogP contribution in [-0.4, -0.2) is 28.3 Å². The molecule has 0 amide bonds. The van der Waals surface area contributed by atoms with Gasteiger partial charge >= 0.3 is 5.97 Å². The number of nitrogens with zero attached hydrogens (tertiary/aromatic N) is 1. The normalized spacial score (nSPS) is 47.2. The molecule has 3 nitrogen and oxygen atoms in total. The number of alkyl halides is 1. The van der Waals surface area contributed by atoms with Gasteiger partial charge in [0, 0.05) is 12.3 Å². The summed E-state index contributed by atoms with van der Waals surface area (Å²) in [7, 11) is 0. The van der Waals surface area contributed by atoms with E-state index in [1.54, 1.807) is 0 Å². The standard InChI is InChI=1S/C9H10INO2/c10-7-5-1-2-6-9(7,3-4-11-6)8(12)13-5/h5,7H,1-4H2/t5-,7+,9+/m1/s1. The number of fused-ring (bicyclic) bond motifs is 1. The van der Waals surface area contributed by atoms with Gasteiger partial charge in [-0.15, -0.1) is 0 Å². The minimum atomic E-state index is -0.302. The van der Waals surface area contributed by atoms with E-state index in [4.69, 9.17) is 4.74 Å². The van der Waals surface area contributed by atoms with Crippen molar-refractivity contribution in [1.82, 2.24) is 0 Å². The van der Waals surface area contributed by atoms with Crippen LogP contribution < -0.4 is 0 Å². The Kier molecular flexibility index (Phi) is 1.55. The third-order valence-corrected chi connectivity index (χ3v) is 5.27. The van der Waals surface area contributed by atoms with Crippen LogP contribution in [0.15, 0.2) is 4.99 Å². The molecule has 3 rings (SSSR count). The molecule has 1 saturated carbocycles. The summed E-state index contributed by atoms with van der Waals surface area (Å²) in [6, 6.07) is 0.